The minimum Gasteiger partial charge on any atom is -0.487 e. The number of benzene rings is 1. The molecule has 0 bridgehead atoms. The number of aldehydes is 1. The second kappa shape index (κ2) is 4.51. The quantitative estimate of drug-likeness (QED) is 0.593. The molecule has 0 heterocycles. The summed E-state index contributed by atoms with van der Waals surface area (Å²) in [6.45, 7) is -0.383. The van der Waals surface area contributed by atoms with Crippen molar-refractivity contribution in [3.05, 3.63) is 29.3 Å². The maximum absolute atomic E-state index is 13.0. The van der Waals surface area contributed by atoms with E-state index in [4.69, 9.17) is 0 Å². The van der Waals surface area contributed by atoms with E-state index in [1.165, 1.54) is 0 Å². The van der Waals surface area contributed by atoms with Crippen LogP contribution in [-0.4, -0.2) is 18.8 Å². The summed E-state index contributed by atoms with van der Waals surface area (Å²) in [7, 11) is 0. The summed E-state index contributed by atoms with van der Waals surface area (Å²) in [6, 6.07) is 1.36. The van der Waals surface area contributed by atoms with Crippen LogP contribution in [0, 0.1) is 11.6 Å². The molecule has 0 aliphatic heterocycles. The highest BCUT2D eigenvalue weighted by molar-refractivity contribution is 5.75. The first-order valence-corrected chi connectivity index (χ1v) is 4.28. The standard InChI is InChI=1S/C10H8F4O2/c1-10(13,14)5-16-6-2-8(11)7(4-15)9(12)3-6/h2-4H,5H2,1H3. The predicted octanol–water partition coefficient (Wildman–Crippen LogP) is 2.81. The van der Waals surface area contributed by atoms with E-state index in [-0.39, 0.29) is 12.0 Å². The molecule has 88 valence electrons. The molecule has 0 unspecified atom stereocenters. The topological polar surface area (TPSA) is 26.3 Å². The number of ether oxygens (including phenoxy) is 1. The van der Waals surface area contributed by atoms with Gasteiger partial charge in [-0.15, -0.1) is 0 Å². The van der Waals surface area contributed by atoms with Crippen molar-refractivity contribution in [2.24, 2.45) is 0 Å². The number of hydrogen-bond acceptors (Lipinski definition) is 2. The fourth-order valence-electron chi connectivity index (χ4n) is 0.967. The SMILES string of the molecule is CC(F)(F)COc1cc(F)c(C=O)c(F)c1. The monoisotopic (exact) mass is 236 g/mol. The summed E-state index contributed by atoms with van der Waals surface area (Å²) >= 11 is 0. The lowest BCUT2D eigenvalue weighted by molar-refractivity contribution is -0.0231. The molecule has 16 heavy (non-hydrogen) atoms. The van der Waals surface area contributed by atoms with Gasteiger partial charge in [0, 0.05) is 19.1 Å². The predicted molar refractivity (Wildman–Crippen MR) is 47.9 cm³/mol. The smallest absolute Gasteiger partial charge is 0.278 e. The van der Waals surface area contributed by atoms with Gasteiger partial charge in [0.15, 0.2) is 12.9 Å². The molecule has 1 aromatic rings. The van der Waals surface area contributed by atoms with Crippen LogP contribution in [0.2, 0.25) is 0 Å². The van der Waals surface area contributed by atoms with E-state index in [0.717, 1.165) is 0 Å². The lowest BCUT2D eigenvalue weighted by Crippen LogP contribution is -2.21. The van der Waals surface area contributed by atoms with Gasteiger partial charge in [-0.3, -0.25) is 4.79 Å². The summed E-state index contributed by atoms with van der Waals surface area (Å²) < 4.78 is 55.2. The first kappa shape index (κ1) is 12.5. The Labute approximate surface area is 88.8 Å². The lowest BCUT2D eigenvalue weighted by Gasteiger charge is -2.12. The lowest BCUT2D eigenvalue weighted by atomic mass is 10.2. The Morgan fingerprint density at radius 1 is 1.31 bits per heavy atom. The third-order valence-corrected chi connectivity index (χ3v) is 1.66. The molecule has 0 N–H and O–H groups in total. The fourth-order valence-corrected chi connectivity index (χ4v) is 0.967. The third-order valence-electron chi connectivity index (χ3n) is 1.66. The highest BCUT2D eigenvalue weighted by Crippen LogP contribution is 2.21. The minimum absolute atomic E-state index is 0.00285. The molecule has 0 aliphatic rings. The van der Waals surface area contributed by atoms with E-state index in [0.29, 0.717) is 19.1 Å². The Kier molecular flexibility index (Phi) is 3.51. The van der Waals surface area contributed by atoms with Gasteiger partial charge in [0.1, 0.15) is 17.4 Å². The molecule has 0 aliphatic carbocycles. The van der Waals surface area contributed by atoms with Crippen LogP contribution >= 0.6 is 0 Å². The number of hydrogen-bond donors (Lipinski definition) is 0. The Morgan fingerprint density at radius 2 is 1.81 bits per heavy atom. The molecular formula is C10H8F4O2. The van der Waals surface area contributed by atoms with Crippen molar-refractivity contribution < 1.29 is 27.1 Å². The zero-order valence-corrected chi connectivity index (χ0v) is 8.27. The van der Waals surface area contributed by atoms with E-state index in [2.05, 4.69) is 4.74 Å². The number of alkyl halides is 2. The van der Waals surface area contributed by atoms with Crippen molar-refractivity contribution in [2.45, 2.75) is 12.8 Å². The molecule has 2 nitrogen and oxygen atoms in total. The fraction of sp³-hybridized carbons (Fsp3) is 0.300. The van der Waals surface area contributed by atoms with E-state index in [1.54, 1.807) is 0 Å². The molecule has 0 fully saturated rings. The van der Waals surface area contributed by atoms with Gasteiger partial charge < -0.3 is 4.74 Å². The molecule has 0 saturated carbocycles. The van der Waals surface area contributed by atoms with Crippen LogP contribution in [0.25, 0.3) is 0 Å². The molecule has 0 saturated heterocycles. The van der Waals surface area contributed by atoms with Crippen LogP contribution in [0.4, 0.5) is 17.6 Å². The zero-order chi connectivity index (χ0) is 12.3. The average molecular weight is 236 g/mol. The first-order valence-electron chi connectivity index (χ1n) is 4.28. The van der Waals surface area contributed by atoms with Gasteiger partial charge in [-0.2, -0.15) is 0 Å². The molecular weight excluding hydrogens is 228 g/mol. The van der Waals surface area contributed by atoms with Crippen molar-refractivity contribution in [1.82, 2.24) is 0 Å². The summed E-state index contributed by atoms with van der Waals surface area (Å²) in [5.41, 5.74) is -0.754. The average Bonchev–Trinajstić information content (AvgIpc) is 2.13. The number of carbonyl (C=O) groups excluding carboxylic acids is 1. The van der Waals surface area contributed by atoms with Gasteiger partial charge in [-0.1, -0.05) is 0 Å². The van der Waals surface area contributed by atoms with E-state index in [9.17, 15) is 22.4 Å². The molecule has 1 aromatic carbocycles. The van der Waals surface area contributed by atoms with Crippen LogP contribution in [0.15, 0.2) is 12.1 Å². The summed E-state index contributed by atoms with van der Waals surface area (Å²) in [6.07, 6.45) is 0.00285. The molecule has 1 rings (SSSR count). The van der Waals surface area contributed by atoms with Crippen molar-refractivity contribution >= 4 is 6.29 Å². The number of halogens is 4. The summed E-state index contributed by atoms with van der Waals surface area (Å²) in [5.74, 6) is -5.79. The Balaban J connectivity index is 2.88. The molecule has 0 aromatic heterocycles. The molecule has 6 heteroatoms. The van der Waals surface area contributed by atoms with Crippen LogP contribution in [0.3, 0.4) is 0 Å². The van der Waals surface area contributed by atoms with Gasteiger partial charge >= 0.3 is 0 Å². The Hall–Kier alpha value is -1.59. The second-order valence-electron chi connectivity index (χ2n) is 3.28. The normalized spacial score (nSPS) is 11.3. The largest absolute Gasteiger partial charge is 0.487 e. The van der Waals surface area contributed by atoms with Gasteiger partial charge in [0.2, 0.25) is 0 Å². The Morgan fingerprint density at radius 3 is 2.19 bits per heavy atom. The third kappa shape index (κ3) is 3.22. The van der Waals surface area contributed by atoms with Crippen LogP contribution < -0.4 is 4.74 Å². The van der Waals surface area contributed by atoms with Gasteiger partial charge in [-0.05, 0) is 0 Å². The highest BCUT2D eigenvalue weighted by Gasteiger charge is 2.22. The molecule has 0 spiro atoms. The number of carbonyl (C=O) groups is 1. The van der Waals surface area contributed by atoms with Gasteiger partial charge in [0.05, 0.1) is 5.56 Å². The van der Waals surface area contributed by atoms with Gasteiger partial charge in [0.25, 0.3) is 5.92 Å². The van der Waals surface area contributed by atoms with Crippen LogP contribution in [0.5, 0.6) is 5.75 Å². The van der Waals surface area contributed by atoms with E-state index >= 15 is 0 Å². The maximum atomic E-state index is 13.0. The maximum Gasteiger partial charge on any atom is 0.278 e. The molecule has 0 radical (unpaired) electrons. The molecule has 0 atom stereocenters. The van der Waals surface area contributed by atoms with Crippen molar-refractivity contribution in [2.75, 3.05) is 6.61 Å². The first-order chi connectivity index (χ1) is 7.33. The minimum atomic E-state index is -3.10. The van der Waals surface area contributed by atoms with E-state index in [1.807, 2.05) is 0 Å². The second-order valence-corrected chi connectivity index (χ2v) is 3.28. The zero-order valence-electron chi connectivity index (χ0n) is 8.27. The number of rotatable bonds is 4. The Bertz CT molecular complexity index is 375. The molecule has 0 amide bonds. The summed E-state index contributed by atoms with van der Waals surface area (Å²) in [5, 5.41) is 0. The van der Waals surface area contributed by atoms with Crippen molar-refractivity contribution in [3.63, 3.8) is 0 Å². The van der Waals surface area contributed by atoms with Crippen molar-refractivity contribution in [1.29, 1.82) is 0 Å². The van der Waals surface area contributed by atoms with Crippen LogP contribution in [0.1, 0.15) is 17.3 Å². The van der Waals surface area contributed by atoms with Gasteiger partial charge in [-0.25, -0.2) is 17.6 Å². The highest BCUT2D eigenvalue weighted by atomic mass is 19.3. The van der Waals surface area contributed by atoms with Crippen LogP contribution in [-0.2, 0) is 0 Å². The summed E-state index contributed by atoms with van der Waals surface area (Å²) in [4.78, 5) is 10.2. The van der Waals surface area contributed by atoms with E-state index < -0.39 is 29.7 Å². The van der Waals surface area contributed by atoms with Crippen molar-refractivity contribution in [3.8, 4) is 5.75 Å².